The van der Waals surface area contributed by atoms with Crippen LogP contribution in [0.2, 0.25) is 0 Å². The first-order valence-electron chi connectivity index (χ1n) is 6.97. The average molecular weight is 272 g/mol. The number of carboxylic acid groups (broad SMARTS) is 1. The second kappa shape index (κ2) is 8.77. The fourth-order valence-electron chi connectivity index (χ4n) is 2.15. The molecule has 0 bridgehead atoms. The standard InChI is InChI=1S/C14H28N2O3/c1-9(2)12(10(3)4)8-16-14(19)15-7-11(5)6-13(17)18/h9-12H,6-8H2,1-5H3,(H,17,18)(H2,15,16,19). The number of rotatable bonds is 8. The zero-order valence-electron chi connectivity index (χ0n) is 12.7. The predicted octanol–water partition coefficient (Wildman–Crippen LogP) is 2.32. The Balaban J connectivity index is 3.95. The minimum atomic E-state index is -0.839. The van der Waals surface area contributed by atoms with E-state index in [0.717, 1.165) is 0 Å². The molecule has 0 aliphatic rings. The summed E-state index contributed by atoms with van der Waals surface area (Å²) in [5, 5.41) is 14.2. The van der Waals surface area contributed by atoms with Crippen molar-refractivity contribution >= 4 is 12.0 Å². The normalized spacial score (nSPS) is 12.8. The lowest BCUT2D eigenvalue weighted by Gasteiger charge is -2.25. The van der Waals surface area contributed by atoms with Gasteiger partial charge in [-0.3, -0.25) is 4.79 Å². The fourth-order valence-corrected chi connectivity index (χ4v) is 2.15. The molecule has 0 aromatic rings. The van der Waals surface area contributed by atoms with Crippen LogP contribution in [0.1, 0.15) is 41.0 Å². The van der Waals surface area contributed by atoms with Crippen LogP contribution < -0.4 is 10.6 Å². The van der Waals surface area contributed by atoms with Gasteiger partial charge in [-0.15, -0.1) is 0 Å². The summed E-state index contributed by atoms with van der Waals surface area (Å²) in [7, 11) is 0. The number of carbonyl (C=O) groups excluding carboxylic acids is 1. The topological polar surface area (TPSA) is 78.4 Å². The molecule has 0 aromatic carbocycles. The summed E-state index contributed by atoms with van der Waals surface area (Å²) in [4.78, 5) is 22.1. The van der Waals surface area contributed by atoms with Crippen molar-refractivity contribution in [1.29, 1.82) is 0 Å². The van der Waals surface area contributed by atoms with Crippen molar-refractivity contribution in [2.24, 2.45) is 23.7 Å². The maximum absolute atomic E-state index is 11.6. The summed E-state index contributed by atoms with van der Waals surface area (Å²) in [5.74, 6) is 0.586. The Morgan fingerprint density at radius 2 is 1.42 bits per heavy atom. The Morgan fingerprint density at radius 3 is 1.84 bits per heavy atom. The summed E-state index contributed by atoms with van der Waals surface area (Å²) < 4.78 is 0. The molecule has 0 radical (unpaired) electrons. The molecule has 5 nitrogen and oxygen atoms in total. The minimum absolute atomic E-state index is 0.0609. The third-order valence-electron chi connectivity index (χ3n) is 3.35. The van der Waals surface area contributed by atoms with Gasteiger partial charge in [-0.05, 0) is 23.7 Å². The predicted molar refractivity (Wildman–Crippen MR) is 76.0 cm³/mol. The summed E-state index contributed by atoms with van der Waals surface area (Å²) in [5.41, 5.74) is 0. The highest BCUT2D eigenvalue weighted by Gasteiger charge is 2.18. The van der Waals surface area contributed by atoms with E-state index in [2.05, 4.69) is 38.3 Å². The van der Waals surface area contributed by atoms with Gasteiger partial charge < -0.3 is 15.7 Å². The van der Waals surface area contributed by atoms with Crippen LogP contribution in [-0.2, 0) is 4.79 Å². The first-order valence-corrected chi connectivity index (χ1v) is 6.97. The highest BCUT2D eigenvalue weighted by atomic mass is 16.4. The SMILES string of the molecule is CC(CNC(=O)NCC(C(C)C)C(C)C)CC(=O)O. The van der Waals surface area contributed by atoms with E-state index in [1.165, 1.54) is 0 Å². The Bertz CT molecular complexity index is 282. The van der Waals surface area contributed by atoms with Gasteiger partial charge in [-0.2, -0.15) is 0 Å². The van der Waals surface area contributed by atoms with E-state index in [1.54, 1.807) is 6.92 Å². The van der Waals surface area contributed by atoms with E-state index >= 15 is 0 Å². The van der Waals surface area contributed by atoms with Crippen LogP contribution in [0.25, 0.3) is 0 Å². The van der Waals surface area contributed by atoms with Crippen LogP contribution in [0.3, 0.4) is 0 Å². The zero-order valence-corrected chi connectivity index (χ0v) is 12.7. The molecule has 3 N–H and O–H groups in total. The van der Waals surface area contributed by atoms with Gasteiger partial charge in [-0.25, -0.2) is 4.79 Å². The number of amides is 2. The Labute approximate surface area is 116 Å². The molecule has 0 spiro atoms. The molecule has 0 rings (SSSR count). The Kier molecular flexibility index (Phi) is 8.19. The van der Waals surface area contributed by atoms with Gasteiger partial charge in [0.15, 0.2) is 0 Å². The monoisotopic (exact) mass is 272 g/mol. The molecule has 0 saturated heterocycles. The number of aliphatic carboxylic acids is 1. The third-order valence-corrected chi connectivity index (χ3v) is 3.35. The first kappa shape index (κ1) is 17.7. The maximum Gasteiger partial charge on any atom is 0.314 e. The molecule has 0 aromatic heterocycles. The second-order valence-electron chi connectivity index (χ2n) is 5.95. The summed E-state index contributed by atoms with van der Waals surface area (Å²) in [6.07, 6.45) is 0.0703. The second-order valence-corrected chi connectivity index (χ2v) is 5.95. The van der Waals surface area contributed by atoms with Crippen molar-refractivity contribution in [3.63, 3.8) is 0 Å². The lowest BCUT2D eigenvalue weighted by molar-refractivity contribution is -0.137. The van der Waals surface area contributed by atoms with E-state index in [4.69, 9.17) is 5.11 Å². The van der Waals surface area contributed by atoms with Crippen molar-refractivity contribution in [1.82, 2.24) is 10.6 Å². The Hall–Kier alpha value is -1.26. The molecule has 112 valence electrons. The number of hydrogen-bond donors (Lipinski definition) is 3. The summed E-state index contributed by atoms with van der Waals surface area (Å²) >= 11 is 0. The lowest BCUT2D eigenvalue weighted by Crippen LogP contribution is -2.42. The molecular formula is C14H28N2O3. The largest absolute Gasteiger partial charge is 0.481 e. The molecule has 0 aliphatic heterocycles. The molecule has 0 heterocycles. The molecule has 2 amide bonds. The molecule has 19 heavy (non-hydrogen) atoms. The van der Waals surface area contributed by atoms with Crippen LogP contribution in [0.4, 0.5) is 4.79 Å². The van der Waals surface area contributed by atoms with E-state index in [9.17, 15) is 9.59 Å². The number of nitrogens with one attached hydrogen (secondary N) is 2. The maximum atomic E-state index is 11.6. The fraction of sp³-hybridized carbons (Fsp3) is 0.857. The molecule has 0 saturated carbocycles. The average Bonchev–Trinajstić information content (AvgIpc) is 2.24. The van der Waals surface area contributed by atoms with E-state index < -0.39 is 5.97 Å². The van der Waals surface area contributed by atoms with Gasteiger partial charge in [0.05, 0.1) is 0 Å². The molecule has 5 heteroatoms. The number of carboxylic acids is 1. The highest BCUT2D eigenvalue weighted by Crippen LogP contribution is 2.19. The quantitative estimate of drug-likeness (QED) is 0.634. The molecule has 0 fully saturated rings. The van der Waals surface area contributed by atoms with Crippen LogP contribution in [0, 0.1) is 23.7 Å². The van der Waals surface area contributed by atoms with E-state index in [1.807, 2.05) is 0 Å². The summed E-state index contributed by atoms with van der Waals surface area (Å²) in [6.45, 7) is 11.4. The first-order chi connectivity index (χ1) is 8.73. The number of hydrogen-bond acceptors (Lipinski definition) is 2. The Morgan fingerprint density at radius 1 is 0.947 bits per heavy atom. The van der Waals surface area contributed by atoms with Crippen molar-refractivity contribution < 1.29 is 14.7 Å². The van der Waals surface area contributed by atoms with Crippen molar-refractivity contribution in [2.45, 2.75) is 41.0 Å². The van der Waals surface area contributed by atoms with Crippen LogP contribution >= 0.6 is 0 Å². The van der Waals surface area contributed by atoms with Gasteiger partial charge in [0.2, 0.25) is 0 Å². The van der Waals surface area contributed by atoms with Crippen LogP contribution in [0.5, 0.6) is 0 Å². The van der Waals surface area contributed by atoms with E-state index in [0.29, 0.717) is 30.8 Å². The number of carbonyl (C=O) groups is 2. The third kappa shape index (κ3) is 8.46. The number of urea groups is 1. The lowest BCUT2D eigenvalue weighted by atomic mass is 9.85. The van der Waals surface area contributed by atoms with Crippen molar-refractivity contribution in [3.8, 4) is 0 Å². The zero-order chi connectivity index (χ0) is 15.0. The van der Waals surface area contributed by atoms with Gasteiger partial charge in [0, 0.05) is 19.5 Å². The molecule has 1 atom stereocenters. The molecule has 1 unspecified atom stereocenters. The molecular weight excluding hydrogens is 244 g/mol. The van der Waals surface area contributed by atoms with Crippen LogP contribution in [-0.4, -0.2) is 30.2 Å². The highest BCUT2D eigenvalue weighted by molar-refractivity contribution is 5.74. The van der Waals surface area contributed by atoms with Crippen molar-refractivity contribution in [3.05, 3.63) is 0 Å². The van der Waals surface area contributed by atoms with Crippen LogP contribution in [0.15, 0.2) is 0 Å². The van der Waals surface area contributed by atoms with Crippen molar-refractivity contribution in [2.75, 3.05) is 13.1 Å². The van der Waals surface area contributed by atoms with Gasteiger partial charge in [0.25, 0.3) is 0 Å². The molecule has 0 aliphatic carbocycles. The van der Waals surface area contributed by atoms with E-state index in [-0.39, 0.29) is 18.4 Å². The summed E-state index contributed by atoms with van der Waals surface area (Å²) in [6, 6.07) is -0.219. The van der Waals surface area contributed by atoms with Gasteiger partial charge in [0.1, 0.15) is 0 Å². The minimum Gasteiger partial charge on any atom is -0.481 e. The van der Waals surface area contributed by atoms with Gasteiger partial charge >= 0.3 is 12.0 Å². The smallest absolute Gasteiger partial charge is 0.314 e. The van der Waals surface area contributed by atoms with Gasteiger partial charge in [-0.1, -0.05) is 34.6 Å².